The third-order valence-corrected chi connectivity index (χ3v) is 0. The molecule has 0 heterocycles. The highest BCUT2D eigenvalue weighted by molar-refractivity contribution is 5.42. The first-order valence-corrected chi connectivity index (χ1v) is 0.858. The fourth-order valence-corrected chi connectivity index (χ4v) is 0. The van der Waals surface area contributed by atoms with E-state index < -0.39 is 0 Å². The molecule has 1 amide bonds. The highest BCUT2D eigenvalue weighted by Crippen LogP contribution is 0.798. The number of rotatable bonds is 0. The minimum atomic E-state index is 0. The topological polar surface area (TPSA) is 60.2 Å². The van der Waals surface area contributed by atoms with Gasteiger partial charge in [-0.25, -0.2) is 0 Å². The Bertz CT molecular complexity index is 23.7. The highest BCUT2D eigenvalue weighted by atomic mass is 16.1. The van der Waals surface area contributed by atoms with Crippen LogP contribution in [-0.4, -0.2) is 13.2 Å². The molecule has 2 N–H and O–H groups in total. The molecule has 0 rings (SSSR count). The summed E-state index contributed by atoms with van der Waals surface area (Å²) in [6, 6.07) is 0. The second-order valence-electron chi connectivity index (χ2n) is 0.136. The Hall–Kier alpha value is -0.860. The summed E-state index contributed by atoms with van der Waals surface area (Å²) in [5.74, 6) is 0. The molecule has 7 heavy (non-hydrogen) atoms. The summed E-state index contributed by atoms with van der Waals surface area (Å²) in [5, 5.41) is 0. The van der Waals surface area contributed by atoms with Crippen molar-refractivity contribution < 1.29 is 9.59 Å². The normalized spacial score (nSPS) is 2.29. The van der Waals surface area contributed by atoms with Crippen LogP contribution in [0.5, 0.6) is 0 Å². The van der Waals surface area contributed by atoms with E-state index in [0.29, 0.717) is 0 Å². The van der Waals surface area contributed by atoms with Crippen LogP contribution in [0.1, 0.15) is 14.9 Å². The standard InChI is InChI=1S/CH3NO.CH2O.2CH4/c2-1-3;1-2;;/h1H,(H2,2,3);1H2;2*1H4. The van der Waals surface area contributed by atoms with Gasteiger partial charge >= 0.3 is 0 Å². The first-order valence-electron chi connectivity index (χ1n) is 0.858. The predicted molar refractivity (Wildman–Crippen MR) is 30.8 cm³/mol. The smallest absolute Gasteiger partial charge is 0.204 e. The zero-order valence-corrected chi connectivity index (χ0v) is 2.68. The molecule has 0 saturated heterocycles. The van der Waals surface area contributed by atoms with Crippen molar-refractivity contribution >= 4 is 13.2 Å². The Morgan fingerprint density at radius 1 is 1.29 bits per heavy atom. The molecule has 0 aromatic heterocycles. The summed E-state index contributed by atoms with van der Waals surface area (Å²) in [6.07, 6.45) is 0.250. The van der Waals surface area contributed by atoms with Crippen molar-refractivity contribution in [1.29, 1.82) is 0 Å². The van der Waals surface area contributed by atoms with Crippen LogP contribution >= 0.6 is 0 Å². The van der Waals surface area contributed by atoms with Crippen molar-refractivity contribution in [1.82, 2.24) is 0 Å². The van der Waals surface area contributed by atoms with E-state index in [1.165, 1.54) is 0 Å². The zero-order chi connectivity index (χ0) is 4.71. The molecule has 0 fully saturated rings. The van der Waals surface area contributed by atoms with Crippen LogP contribution in [0, 0.1) is 0 Å². The maximum Gasteiger partial charge on any atom is 0.204 e. The summed E-state index contributed by atoms with van der Waals surface area (Å²) in [5.41, 5.74) is 4.17. The van der Waals surface area contributed by atoms with Gasteiger partial charge in [0.05, 0.1) is 0 Å². The van der Waals surface area contributed by atoms with Crippen molar-refractivity contribution in [2.45, 2.75) is 14.9 Å². The van der Waals surface area contributed by atoms with E-state index >= 15 is 0 Å². The van der Waals surface area contributed by atoms with Crippen LogP contribution in [0.4, 0.5) is 0 Å². The lowest BCUT2D eigenvalue weighted by Crippen LogP contribution is -1.82. The molecule has 0 atom stereocenters. The van der Waals surface area contributed by atoms with Gasteiger partial charge in [0.25, 0.3) is 0 Å². The monoisotopic (exact) mass is 107 g/mol. The van der Waals surface area contributed by atoms with Crippen LogP contribution in [0.2, 0.25) is 0 Å². The van der Waals surface area contributed by atoms with Crippen LogP contribution in [0.3, 0.4) is 0 Å². The molecular formula is C4H13NO2. The van der Waals surface area contributed by atoms with Gasteiger partial charge in [-0.1, -0.05) is 14.9 Å². The van der Waals surface area contributed by atoms with E-state index in [9.17, 15) is 0 Å². The number of hydrogen-bond acceptors (Lipinski definition) is 2. The average molecular weight is 107 g/mol. The Morgan fingerprint density at radius 3 is 1.29 bits per heavy atom. The Balaban J connectivity index is -0.0000000105. The van der Waals surface area contributed by atoms with Crippen molar-refractivity contribution in [2.24, 2.45) is 5.73 Å². The van der Waals surface area contributed by atoms with E-state index in [0.717, 1.165) is 0 Å². The van der Waals surface area contributed by atoms with Crippen molar-refractivity contribution in [3.8, 4) is 0 Å². The summed E-state index contributed by atoms with van der Waals surface area (Å²) >= 11 is 0. The fourth-order valence-electron chi connectivity index (χ4n) is 0. The molecule has 0 bridgehead atoms. The SMILES string of the molecule is C.C.C=O.NC=O. The van der Waals surface area contributed by atoms with Gasteiger partial charge in [0.15, 0.2) is 0 Å². The summed E-state index contributed by atoms with van der Waals surface area (Å²) < 4.78 is 0. The number of amides is 1. The summed E-state index contributed by atoms with van der Waals surface area (Å²) in [4.78, 5) is 16.6. The fraction of sp³-hybridized carbons (Fsp3) is 0.500. The van der Waals surface area contributed by atoms with Crippen LogP contribution in [0.25, 0.3) is 0 Å². The van der Waals surface area contributed by atoms with E-state index in [-0.39, 0.29) is 21.3 Å². The molecule has 0 aliphatic carbocycles. The molecule has 3 nitrogen and oxygen atoms in total. The molecule has 0 aromatic carbocycles. The number of carbonyl (C=O) groups excluding carboxylic acids is 2. The third kappa shape index (κ3) is 68.5. The van der Waals surface area contributed by atoms with Crippen LogP contribution in [-0.2, 0) is 9.59 Å². The first-order chi connectivity index (χ1) is 2.41. The third-order valence-electron chi connectivity index (χ3n) is 0. The molecule has 0 saturated carbocycles. The Morgan fingerprint density at radius 2 is 1.29 bits per heavy atom. The highest BCUT2D eigenvalue weighted by Gasteiger charge is 1.19. The maximum absolute atomic E-state index is 8.58. The van der Waals surface area contributed by atoms with Gasteiger partial charge in [0.1, 0.15) is 6.79 Å². The van der Waals surface area contributed by atoms with Gasteiger partial charge in [0.2, 0.25) is 6.41 Å². The minimum absolute atomic E-state index is 0. The average Bonchev–Trinajstić information content (AvgIpc) is 1.46. The van der Waals surface area contributed by atoms with E-state index in [1.807, 2.05) is 6.79 Å². The van der Waals surface area contributed by atoms with Gasteiger partial charge in [-0.3, -0.25) is 4.79 Å². The maximum atomic E-state index is 8.58. The lowest BCUT2D eigenvalue weighted by Gasteiger charge is -1.32. The van der Waals surface area contributed by atoms with Crippen LogP contribution in [0.15, 0.2) is 0 Å². The summed E-state index contributed by atoms with van der Waals surface area (Å²) in [7, 11) is 0. The predicted octanol–water partition coefficient (Wildman–Crippen LogP) is 0.189. The lowest BCUT2D eigenvalue weighted by atomic mass is 11.5. The van der Waals surface area contributed by atoms with E-state index in [1.54, 1.807) is 0 Å². The van der Waals surface area contributed by atoms with Crippen LogP contribution < -0.4 is 5.73 Å². The minimum Gasteiger partial charge on any atom is -0.372 e. The molecular weight excluding hydrogens is 94.0 g/mol. The Kier molecular flexibility index (Phi) is 22700. The number of carbonyl (C=O) groups is 2. The summed E-state index contributed by atoms with van der Waals surface area (Å²) in [6.45, 7) is 2.00. The van der Waals surface area contributed by atoms with Gasteiger partial charge in [-0.05, 0) is 0 Å². The molecule has 46 valence electrons. The van der Waals surface area contributed by atoms with Gasteiger partial charge < -0.3 is 10.5 Å². The van der Waals surface area contributed by atoms with Crippen molar-refractivity contribution in [2.75, 3.05) is 0 Å². The first kappa shape index (κ1) is 35.4. The molecule has 0 aliphatic heterocycles. The van der Waals surface area contributed by atoms with E-state index in [4.69, 9.17) is 9.59 Å². The van der Waals surface area contributed by atoms with Crippen molar-refractivity contribution in [3.05, 3.63) is 0 Å². The second kappa shape index (κ2) is 4490. The van der Waals surface area contributed by atoms with Gasteiger partial charge in [-0.2, -0.15) is 0 Å². The zero-order valence-electron chi connectivity index (χ0n) is 2.68. The lowest BCUT2D eigenvalue weighted by molar-refractivity contribution is -0.107. The molecule has 0 aliphatic rings. The number of primary amides is 1. The largest absolute Gasteiger partial charge is 0.372 e. The molecule has 0 spiro atoms. The van der Waals surface area contributed by atoms with Gasteiger partial charge in [-0.15, -0.1) is 0 Å². The molecule has 3 heteroatoms. The number of hydrogen-bond donors (Lipinski definition) is 1. The Labute approximate surface area is 44.5 Å². The van der Waals surface area contributed by atoms with E-state index in [2.05, 4.69) is 5.73 Å². The molecule has 0 radical (unpaired) electrons. The number of nitrogens with two attached hydrogens (primary N) is 1. The quantitative estimate of drug-likeness (QED) is 0.449. The second-order valence-corrected chi connectivity index (χ2v) is 0.136. The molecule has 0 aromatic rings. The van der Waals surface area contributed by atoms with Crippen molar-refractivity contribution in [3.63, 3.8) is 0 Å². The van der Waals surface area contributed by atoms with Gasteiger partial charge in [0, 0.05) is 0 Å². The molecule has 0 unspecified atom stereocenters.